The van der Waals surface area contributed by atoms with Crippen LogP contribution in [0, 0.1) is 0 Å². The Morgan fingerprint density at radius 2 is 2.25 bits per heavy atom. The number of amides is 1. The molecular formula is C13H16BrN5O. The van der Waals surface area contributed by atoms with Crippen molar-refractivity contribution in [2.45, 2.75) is 26.3 Å². The van der Waals surface area contributed by atoms with Crippen molar-refractivity contribution >= 4 is 21.8 Å². The quantitative estimate of drug-likeness (QED) is 0.905. The van der Waals surface area contributed by atoms with Gasteiger partial charge in [0.25, 0.3) is 5.91 Å². The summed E-state index contributed by atoms with van der Waals surface area (Å²) >= 11 is 3.35. The van der Waals surface area contributed by atoms with E-state index in [9.17, 15) is 4.79 Å². The number of aromatic nitrogens is 4. The molecule has 106 valence electrons. The Bertz CT molecular complexity index is 596. The van der Waals surface area contributed by atoms with Gasteiger partial charge in [-0.15, -0.1) is 5.10 Å². The summed E-state index contributed by atoms with van der Waals surface area (Å²) in [5, 5.41) is 14.4. The van der Waals surface area contributed by atoms with Gasteiger partial charge in [-0.05, 0) is 42.5 Å². The number of carbonyl (C=O) groups excluding carboxylic acids is 1. The van der Waals surface area contributed by atoms with E-state index in [0.717, 1.165) is 10.3 Å². The van der Waals surface area contributed by atoms with Crippen LogP contribution in [0.15, 0.2) is 28.7 Å². The van der Waals surface area contributed by atoms with Gasteiger partial charge in [0.15, 0.2) is 5.82 Å². The van der Waals surface area contributed by atoms with Gasteiger partial charge < -0.3 is 5.32 Å². The molecule has 0 saturated heterocycles. The maximum absolute atomic E-state index is 12.0. The molecule has 0 bridgehead atoms. The summed E-state index contributed by atoms with van der Waals surface area (Å²) < 4.78 is 2.64. The molecule has 1 aromatic carbocycles. The number of hydrogen-bond donors (Lipinski definition) is 1. The second-order valence-electron chi connectivity index (χ2n) is 4.65. The van der Waals surface area contributed by atoms with Crippen LogP contribution in [-0.4, -0.2) is 32.7 Å². The molecule has 1 N–H and O–H groups in total. The Labute approximate surface area is 125 Å². The van der Waals surface area contributed by atoms with Crippen molar-refractivity contribution in [2.24, 2.45) is 0 Å². The first kappa shape index (κ1) is 14.6. The van der Waals surface area contributed by atoms with E-state index in [2.05, 4.69) is 36.8 Å². The maximum Gasteiger partial charge on any atom is 0.251 e. The molecule has 1 heterocycles. The minimum absolute atomic E-state index is 0.102. The molecule has 2 rings (SSSR count). The lowest BCUT2D eigenvalue weighted by atomic mass is 10.2. The monoisotopic (exact) mass is 337 g/mol. The molecule has 2 aromatic rings. The zero-order chi connectivity index (χ0) is 14.5. The topological polar surface area (TPSA) is 72.7 Å². The molecular weight excluding hydrogens is 322 g/mol. The Morgan fingerprint density at radius 1 is 1.45 bits per heavy atom. The normalized spacial score (nSPS) is 10.8. The van der Waals surface area contributed by atoms with E-state index < -0.39 is 0 Å². The van der Waals surface area contributed by atoms with Gasteiger partial charge in [0.1, 0.15) is 0 Å². The van der Waals surface area contributed by atoms with Crippen LogP contribution in [0.25, 0.3) is 0 Å². The number of benzene rings is 1. The molecule has 0 aliphatic rings. The Hall–Kier alpha value is -1.76. The summed E-state index contributed by atoms with van der Waals surface area (Å²) in [5.41, 5.74) is 0.628. The number of nitrogens with zero attached hydrogens (tertiary/aromatic N) is 4. The third-order valence-electron chi connectivity index (χ3n) is 2.77. The lowest BCUT2D eigenvalue weighted by Crippen LogP contribution is -2.26. The lowest BCUT2D eigenvalue weighted by molar-refractivity contribution is 0.0954. The predicted molar refractivity (Wildman–Crippen MR) is 78.4 cm³/mol. The molecule has 0 aliphatic heterocycles. The zero-order valence-corrected chi connectivity index (χ0v) is 13.0. The van der Waals surface area contributed by atoms with Gasteiger partial charge in [0.2, 0.25) is 0 Å². The zero-order valence-electron chi connectivity index (χ0n) is 11.4. The molecule has 7 heteroatoms. The van der Waals surface area contributed by atoms with Crippen molar-refractivity contribution < 1.29 is 4.79 Å². The summed E-state index contributed by atoms with van der Waals surface area (Å²) in [7, 11) is 0. The standard InChI is InChI=1S/C13H16BrN5O/c1-9(2)19-12(16-17-18-19)6-7-15-13(20)10-4-3-5-11(14)8-10/h3-5,8-9H,6-7H2,1-2H3,(H,15,20). The van der Waals surface area contributed by atoms with E-state index in [1.165, 1.54) is 0 Å². The fourth-order valence-electron chi connectivity index (χ4n) is 1.80. The molecule has 0 radical (unpaired) electrons. The summed E-state index contributed by atoms with van der Waals surface area (Å²) in [4.78, 5) is 12.0. The van der Waals surface area contributed by atoms with Crippen LogP contribution < -0.4 is 5.32 Å². The summed E-state index contributed by atoms with van der Waals surface area (Å²) in [6.07, 6.45) is 0.602. The minimum atomic E-state index is -0.102. The second kappa shape index (κ2) is 6.60. The number of halogens is 1. The van der Waals surface area contributed by atoms with E-state index >= 15 is 0 Å². The fourth-order valence-corrected chi connectivity index (χ4v) is 2.20. The summed E-state index contributed by atoms with van der Waals surface area (Å²) in [5.74, 6) is 0.671. The van der Waals surface area contributed by atoms with Crippen LogP contribution in [-0.2, 0) is 6.42 Å². The number of nitrogens with one attached hydrogen (secondary N) is 1. The van der Waals surface area contributed by atoms with Crippen LogP contribution >= 0.6 is 15.9 Å². The molecule has 0 saturated carbocycles. The Balaban J connectivity index is 1.90. The largest absolute Gasteiger partial charge is 0.352 e. The fraction of sp³-hybridized carbons (Fsp3) is 0.385. The van der Waals surface area contributed by atoms with E-state index in [1.54, 1.807) is 16.8 Å². The van der Waals surface area contributed by atoms with Crippen LogP contribution in [0.5, 0.6) is 0 Å². The van der Waals surface area contributed by atoms with Gasteiger partial charge in [-0.1, -0.05) is 22.0 Å². The van der Waals surface area contributed by atoms with E-state index in [1.807, 2.05) is 26.0 Å². The van der Waals surface area contributed by atoms with Crippen LogP contribution in [0.1, 0.15) is 36.1 Å². The van der Waals surface area contributed by atoms with Gasteiger partial charge in [-0.3, -0.25) is 4.79 Å². The van der Waals surface area contributed by atoms with Gasteiger partial charge in [-0.25, -0.2) is 4.68 Å². The summed E-state index contributed by atoms with van der Waals surface area (Å²) in [6.45, 7) is 4.53. The molecule has 0 fully saturated rings. The number of tetrazole rings is 1. The molecule has 1 amide bonds. The van der Waals surface area contributed by atoms with Gasteiger partial charge in [0, 0.05) is 23.0 Å². The van der Waals surface area contributed by atoms with E-state index in [4.69, 9.17) is 0 Å². The lowest BCUT2D eigenvalue weighted by Gasteiger charge is -2.08. The number of rotatable bonds is 5. The van der Waals surface area contributed by atoms with Crippen molar-refractivity contribution in [3.05, 3.63) is 40.1 Å². The Kier molecular flexibility index (Phi) is 4.84. The highest BCUT2D eigenvalue weighted by Crippen LogP contribution is 2.11. The van der Waals surface area contributed by atoms with Crippen LogP contribution in [0.4, 0.5) is 0 Å². The molecule has 20 heavy (non-hydrogen) atoms. The van der Waals surface area contributed by atoms with Crippen molar-refractivity contribution in [1.82, 2.24) is 25.5 Å². The second-order valence-corrected chi connectivity index (χ2v) is 5.57. The minimum Gasteiger partial charge on any atom is -0.352 e. The van der Waals surface area contributed by atoms with E-state index in [-0.39, 0.29) is 11.9 Å². The van der Waals surface area contributed by atoms with Gasteiger partial charge in [0.05, 0.1) is 6.04 Å². The third kappa shape index (κ3) is 3.63. The van der Waals surface area contributed by atoms with Crippen LogP contribution in [0.2, 0.25) is 0 Å². The van der Waals surface area contributed by atoms with Crippen molar-refractivity contribution in [1.29, 1.82) is 0 Å². The molecule has 0 unspecified atom stereocenters. The van der Waals surface area contributed by atoms with Crippen molar-refractivity contribution in [3.63, 3.8) is 0 Å². The van der Waals surface area contributed by atoms with E-state index in [0.29, 0.717) is 18.5 Å². The SMILES string of the molecule is CC(C)n1nnnc1CCNC(=O)c1cccc(Br)c1. The molecule has 0 spiro atoms. The molecule has 1 aromatic heterocycles. The third-order valence-corrected chi connectivity index (χ3v) is 3.26. The van der Waals surface area contributed by atoms with Gasteiger partial charge >= 0.3 is 0 Å². The first-order valence-electron chi connectivity index (χ1n) is 6.38. The highest BCUT2D eigenvalue weighted by molar-refractivity contribution is 9.10. The highest BCUT2D eigenvalue weighted by Gasteiger charge is 2.10. The van der Waals surface area contributed by atoms with Gasteiger partial charge in [-0.2, -0.15) is 0 Å². The first-order valence-corrected chi connectivity index (χ1v) is 7.17. The molecule has 0 aliphatic carbocycles. The average Bonchev–Trinajstić information content (AvgIpc) is 2.87. The highest BCUT2D eigenvalue weighted by atomic mass is 79.9. The van der Waals surface area contributed by atoms with Crippen LogP contribution in [0.3, 0.4) is 0 Å². The predicted octanol–water partition coefficient (Wildman–Crippen LogP) is 1.99. The van der Waals surface area contributed by atoms with Crippen molar-refractivity contribution in [3.8, 4) is 0 Å². The number of carbonyl (C=O) groups is 1. The average molecular weight is 338 g/mol. The number of hydrogen-bond acceptors (Lipinski definition) is 4. The molecule has 6 nitrogen and oxygen atoms in total. The smallest absolute Gasteiger partial charge is 0.251 e. The maximum atomic E-state index is 12.0. The molecule has 0 atom stereocenters. The first-order chi connectivity index (χ1) is 9.58. The Morgan fingerprint density at radius 3 is 2.95 bits per heavy atom. The summed E-state index contributed by atoms with van der Waals surface area (Å²) in [6, 6.07) is 7.48. The van der Waals surface area contributed by atoms with Crippen molar-refractivity contribution in [2.75, 3.05) is 6.54 Å².